The molecule has 3 aromatic carbocycles. The van der Waals surface area contributed by atoms with Crippen molar-refractivity contribution in [1.29, 1.82) is 0 Å². The highest BCUT2D eigenvalue weighted by molar-refractivity contribution is 5.88. The Balaban J connectivity index is 0.00000144. The van der Waals surface area contributed by atoms with Crippen LogP contribution in [0, 0.1) is 279 Å². The van der Waals surface area contributed by atoms with E-state index in [1.807, 2.05) is 61.5 Å². The number of hydrogen-bond donors (Lipinski definition) is 0. The number of halogens is 1. The minimum Gasteiger partial charge on any atom is -0.463 e. The Morgan fingerprint density at radius 2 is 0.573 bits per heavy atom. The van der Waals surface area contributed by atoms with Gasteiger partial charge in [0.15, 0.2) is 0 Å². The third-order valence-corrected chi connectivity index (χ3v) is 11.3. The molecule has 3 rings (SSSR count). The Morgan fingerprint density at radius 1 is 0.320 bits per heavy atom. The molecule has 0 aromatic heterocycles. The molecule has 0 atom stereocenters. The van der Waals surface area contributed by atoms with E-state index in [0.717, 1.165) is 68.1 Å². The average molecular weight is 1350 g/mol. The summed E-state index contributed by atoms with van der Waals surface area (Å²) in [7, 11) is 0. The molecule has 0 spiro atoms. The van der Waals surface area contributed by atoms with Gasteiger partial charge in [-0.15, -0.1) is 12.8 Å². The van der Waals surface area contributed by atoms with E-state index in [2.05, 4.69) is 299 Å². The molecule has 506 valence electrons. The molecular weight excluding hydrogens is 1270 g/mol. The zero-order valence-electron chi connectivity index (χ0n) is 60.1. The van der Waals surface area contributed by atoms with Crippen molar-refractivity contribution in [2.45, 2.75) is 121 Å². The van der Waals surface area contributed by atoms with Gasteiger partial charge in [0.05, 0.1) is 19.8 Å². The number of rotatable bonds is 20. The Morgan fingerprint density at radius 3 is 0.854 bits per heavy atom. The van der Waals surface area contributed by atoms with Crippen LogP contribution in [0.5, 0.6) is 0 Å². The van der Waals surface area contributed by atoms with E-state index in [1.165, 1.54) is 35.9 Å². The van der Waals surface area contributed by atoms with Gasteiger partial charge in [-0.05, 0) is 216 Å². The van der Waals surface area contributed by atoms with Crippen LogP contribution in [0.25, 0.3) is 18.2 Å². The summed E-state index contributed by atoms with van der Waals surface area (Å²) < 4.78 is 33.5. The minimum absolute atomic E-state index is 0.263. The van der Waals surface area contributed by atoms with Gasteiger partial charge in [0, 0.05) is 167 Å². The lowest BCUT2D eigenvalue weighted by Crippen LogP contribution is -2.11. The fourth-order valence-corrected chi connectivity index (χ4v) is 6.52. The number of esters is 3. The largest absolute Gasteiger partial charge is 0.463 e. The zero-order valence-corrected chi connectivity index (χ0v) is 60.1. The second-order valence-electron chi connectivity index (χ2n) is 23.7. The van der Waals surface area contributed by atoms with Gasteiger partial charge < -0.3 is 18.9 Å². The lowest BCUT2D eigenvalue weighted by atomic mass is 9.90. The van der Waals surface area contributed by atoms with E-state index < -0.39 is 0 Å². The van der Waals surface area contributed by atoms with Crippen LogP contribution in [-0.4, -0.2) is 50.9 Å². The van der Waals surface area contributed by atoms with Crippen molar-refractivity contribution in [2.24, 2.45) is 16.2 Å². The zero-order chi connectivity index (χ0) is 75.9. The van der Waals surface area contributed by atoms with Gasteiger partial charge in [0.25, 0.3) is 0 Å². The van der Waals surface area contributed by atoms with Gasteiger partial charge >= 0.3 is 17.9 Å². The molecule has 0 saturated heterocycles. The highest BCUT2D eigenvalue weighted by Crippen LogP contribution is 2.23. The van der Waals surface area contributed by atoms with Crippen LogP contribution in [0.1, 0.15) is 136 Å². The van der Waals surface area contributed by atoms with Crippen molar-refractivity contribution >= 4 is 36.1 Å². The van der Waals surface area contributed by atoms with Gasteiger partial charge in [-0.1, -0.05) is 135 Å². The molecule has 0 unspecified atom stereocenters. The number of ether oxygens (including phenoxy) is 4. The smallest absolute Gasteiger partial charge is 0.330 e. The molecule has 0 amide bonds. The molecule has 7 nitrogen and oxygen atoms in total. The van der Waals surface area contributed by atoms with Crippen molar-refractivity contribution < 1.29 is 37.7 Å². The van der Waals surface area contributed by atoms with Crippen molar-refractivity contribution in [2.75, 3.05) is 33.0 Å². The summed E-state index contributed by atoms with van der Waals surface area (Å²) >= 11 is 0. The predicted molar refractivity (Wildman–Crippen MR) is 416 cm³/mol. The summed E-state index contributed by atoms with van der Waals surface area (Å²) in [5, 5.41) is 0. The van der Waals surface area contributed by atoms with Crippen LogP contribution in [-0.2, 0) is 33.3 Å². The second kappa shape index (κ2) is 61.5. The number of terminal acetylenes is 2. The standard InChI is InChI=1S/C42H2.C18H26O3.C18H26O2.C17H23FO2/c1-3-5-7-9-11-13-15-17-19-21-23-25-27-29-31-33-35-37-39-41-42-40-38-36-34-32-30-28-26-24-22-20-18-16-14-12-10-8-6-4-2;1-18(2,3)12-7-13-20-14-15-21-17(19)11-10-16-8-5-4-6-9-16;1-15-7-9-16(10-8-15)11-12-17(19)20-14-6-5-13-18(2,3)4;1-17(2,3)12-4-5-13-20-16(19)11-8-14-6-9-15(18)10-7-14/h1-2H;4-6,8-11H,7,12-15H2,1-3H3;7-12H,5-6,13-14H2,1-4H3;6-11H,4-5,12-13H2,1-3H3/b;11-10+;12-11+;11-8+. The van der Waals surface area contributed by atoms with E-state index >= 15 is 0 Å². The first kappa shape index (κ1) is 88.9. The van der Waals surface area contributed by atoms with Crippen LogP contribution in [0.2, 0.25) is 0 Å². The number of benzene rings is 3. The van der Waals surface area contributed by atoms with Crippen molar-refractivity contribution in [1.82, 2.24) is 0 Å². The molecule has 8 heteroatoms. The number of aryl methyl sites for hydroxylation is 1. The van der Waals surface area contributed by atoms with E-state index in [-0.39, 0.29) is 23.7 Å². The molecule has 0 aliphatic rings. The maximum atomic E-state index is 12.7. The fraction of sp³-hybridized carbons (Fsp3) is 0.274. The van der Waals surface area contributed by atoms with Gasteiger partial charge in [0.2, 0.25) is 0 Å². The summed E-state index contributed by atoms with van der Waals surface area (Å²) in [4.78, 5) is 34.5. The summed E-state index contributed by atoms with van der Waals surface area (Å²) in [5.41, 5.74) is 5.01. The normalized spacial score (nSPS) is 8.55. The van der Waals surface area contributed by atoms with Gasteiger partial charge in [-0.2, -0.15) is 0 Å². The van der Waals surface area contributed by atoms with Gasteiger partial charge in [-0.25, -0.2) is 18.8 Å². The van der Waals surface area contributed by atoms with E-state index in [4.69, 9.17) is 31.8 Å². The molecule has 0 aliphatic carbocycles. The summed E-state index contributed by atoms with van der Waals surface area (Å²) in [5.74, 6) is 96.9. The Kier molecular flexibility index (Phi) is 53.1. The topological polar surface area (TPSA) is 88.1 Å². The van der Waals surface area contributed by atoms with Crippen molar-refractivity contribution in [3.05, 3.63) is 125 Å². The van der Waals surface area contributed by atoms with E-state index in [0.29, 0.717) is 49.3 Å². The van der Waals surface area contributed by atoms with Gasteiger partial charge in [-0.3, -0.25) is 0 Å². The van der Waals surface area contributed by atoms with E-state index in [9.17, 15) is 18.8 Å². The quantitative estimate of drug-likeness (QED) is 0.0366. The summed E-state index contributed by atoms with van der Waals surface area (Å²) in [6, 6.07) is 23.6. The lowest BCUT2D eigenvalue weighted by Gasteiger charge is -2.17. The molecule has 0 N–H and O–H groups in total. The molecule has 0 bridgehead atoms. The Labute approximate surface area is 615 Å². The number of carbonyl (C=O) groups excluding carboxylic acids is 3. The molecule has 3 aromatic rings. The summed E-state index contributed by atoms with van der Waals surface area (Å²) in [6.07, 6.45) is 27.7. The van der Waals surface area contributed by atoms with Crippen molar-refractivity contribution in [3.63, 3.8) is 0 Å². The van der Waals surface area contributed by atoms with Crippen LogP contribution >= 0.6 is 0 Å². The second-order valence-corrected chi connectivity index (χ2v) is 23.7. The summed E-state index contributed by atoms with van der Waals surface area (Å²) in [6.45, 7) is 24.4. The van der Waals surface area contributed by atoms with Gasteiger partial charge in [0.1, 0.15) is 12.4 Å². The fourth-order valence-electron chi connectivity index (χ4n) is 6.52. The molecule has 0 aliphatic heterocycles. The lowest BCUT2D eigenvalue weighted by molar-refractivity contribution is -0.139. The maximum absolute atomic E-state index is 12.7. The number of unbranched alkanes of at least 4 members (excludes halogenated alkanes) is 2. The SMILES string of the molecule is C#CC#CC#CC#CC#CC#CC#CC#CC#CC#CC#CC#CC#CC#CC#CC#CC#CC#CC#CC#CC#C.CC(C)(C)CCCCOC(=O)/C=C/c1ccc(F)cc1.CC(C)(C)CCCOCCOC(=O)/C=C/c1ccccc1.Cc1ccc(/C=C/C(=O)OCCCCC(C)(C)C)cc1. The van der Waals surface area contributed by atoms with Crippen molar-refractivity contribution in [3.8, 4) is 250 Å². The number of carbonyl (C=O) groups is 3. The maximum Gasteiger partial charge on any atom is 0.330 e. The Bertz CT molecular complexity index is 4530. The third kappa shape index (κ3) is 69.1. The molecule has 0 fully saturated rings. The first-order valence-corrected chi connectivity index (χ1v) is 32.0. The average Bonchev–Trinajstić information content (AvgIpc) is 1.00. The van der Waals surface area contributed by atoms with Crippen LogP contribution in [0.4, 0.5) is 4.39 Å². The highest BCUT2D eigenvalue weighted by Gasteiger charge is 2.11. The molecule has 0 saturated carbocycles. The number of hydrogen-bond acceptors (Lipinski definition) is 7. The predicted octanol–water partition coefficient (Wildman–Crippen LogP) is 13.8. The first-order valence-electron chi connectivity index (χ1n) is 32.0. The van der Waals surface area contributed by atoms with Crippen LogP contribution in [0.15, 0.2) is 97.1 Å². The third-order valence-electron chi connectivity index (χ3n) is 11.3. The Hall–Kier alpha value is -14.1. The van der Waals surface area contributed by atoms with Crippen LogP contribution in [0.3, 0.4) is 0 Å². The molecule has 0 radical (unpaired) electrons. The monoisotopic (exact) mass is 1350 g/mol. The molecule has 103 heavy (non-hydrogen) atoms. The van der Waals surface area contributed by atoms with Crippen LogP contribution < -0.4 is 0 Å². The molecule has 0 heterocycles. The first-order chi connectivity index (χ1) is 49.6. The highest BCUT2D eigenvalue weighted by atomic mass is 19.1. The minimum atomic E-state index is -0.356. The molecular formula is C95H77FO7. The van der Waals surface area contributed by atoms with E-state index in [1.54, 1.807) is 30.4 Å².